The maximum atomic E-state index is 13.5. The molecular formula is C26H41NO6SeSi. The van der Waals surface area contributed by atoms with Gasteiger partial charge in [-0.3, -0.25) is 0 Å². The van der Waals surface area contributed by atoms with Crippen LogP contribution in [0, 0.1) is 5.92 Å². The molecule has 0 aliphatic carbocycles. The van der Waals surface area contributed by atoms with E-state index in [1.165, 1.54) is 4.90 Å². The van der Waals surface area contributed by atoms with Gasteiger partial charge in [0.2, 0.25) is 0 Å². The van der Waals surface area contributed by atoms with E-state index in [0.717, 1.165) is 10.9 Å². The Bertz CT molecular complexity index is 909. The van der Waals surface area contributed by atoms with Crippen molar-refractivity contribution in [3.8, 4) is 0 Å². The molecule has 7 nitrogen and oxygen atoms in total. The van der Waals surface area contributed by atoms with Crippen molar-refractivity contribution in [2.24, 2.45) is 5.92 Å². The van der Waals surface area contributed by atoms with E-state index in [-0.39, 0.29) is 36.9 Å². The first-order valence-corrected chi connectivity index (χ1v) is 17.2. The van der Waals surface area contributed by atoms with Crippen molar-refractivity contribution in [2.75, 3.05) is 0 Å². The fraction of sp³-hybridized carbons (Fsp3) is 0.654. The van der Waals surface area contributed by atoms with Crippen LogP contribution in [0.3, 0.4) is 0 Å². The summed E-state index contributed by atoms with van der Waals surface area (Å²) in [5, 5.41) is 10.3. The summed E-state index contributed by atoms with van der Waals surface area (Å²) in [6.45, 7) is 17.9. The predicted molar refractivity (Wildman–Crippen MR) is 140 cm³/mol. The second kappa shape index (κ2) is 11.2. The number of carbonyl (C=O) groups is 3. The second-order valence-corrected chi connectivity index (χ2v) is 18.8. The van der Waals surface area contributed by atoms with Gasteiger partial charge >= 0.3 is 218 Å². The molecule has 1 unspecified atom stereocenters. The molecule has 0 aromatic heterocycles. The van der Waals surface area contributed by atoms with Gasteiger partial charge in [0.15, 0.2) is 0 Å². The number of carboxylic acids is 1. The molecule has 196 valence electrons. The summed E-state index contributed by atoms with van der Waals surface area (Å²) in [5.74, 6) is -2.46. The van der Waals surface area contributed by atoms with Gasteiger partial charge in [0, 0.05) is 0 Å². The standard InChI is InChI=1S/C26H41NO6SeSi/c1-17(33-35(8,9)26(5,6)7)21-22(30)27(23(21)34-16-18-13-11-10-12-14-18)19(15-20(28)29)24(31)32-25(2,3)4/h10-14,17,19,21,23H,15-16H2,1-9H3,(H,28,29)/t17-,19?,21+,23-/m1/s1. The molecule has 2 rings (SSSR count). The SMILES string of the molecule is C[C@@H](O[Si](C)(C)C(C)(C)C)[C@H]1C(=O)N(C(CC(=O)O)C(=O)OC(C)(C)C)[C@@H]1[Se]Cc1ccccc1. The third kappa shape index (κ3) is 7.65. The molecule has 4 atom stereocenters. The molecule has 1 saturated heterocycles. The second-order valence-electron chi connectivity index (χ2n) is 11.7. The predicted octanol–water partition coefficient (Wildman–Crippen LogP) is 4.27. The summed E-state index contributed by atoms with van der Waals surface area (Å²) in [6, 6.07) is 8.84. The van der Waals surface area contributed by atoms with Crippen molar-refractivity contribution >= 4 is 41.1 Å². The minimum atomic E-state index is -2.14. The monoisotopic (exact) mass is 571 g/mol. The summed E-state index contributed by atoms with van der Waals surface area (Å²) in [4.78, 5) is 39.4. The number of likely N-dealkylation sites (tertiary alicyclic amines) is 1. The Kier molecular flexibility index (Phi) is 9.42. The van der Waals surface area contributed by atoms with Crippen molar-refractivity contribution in [3.63, 3.8) is 0 Å². The number of hydrogen-bond donors (Lipinski definition) is 1. The van der Waals surface area contributed by atoms with E-state index in [2.05, 4.69) is 33.9 Å². The van der Waals surface area contributed by atoms with E-state index in [0.29, 0.717) is 0 Å². The Labute approximate surface area is 217 Å². The third-order valence-electron chi connectivity index (χ3n) is 6.56. The zero-order chi connectivity index (χ0) is 26.8. The quantitative estimate of drug-likeness (QED) is 0.257. The summed E-state index contributed by atoms with van der Waals surface area (Å²) in [5.41, 5.74) is 0.362. The summed E-state index contributed by atoms with van der Waals surface area (Å²) < 4.78 is 12.1. The number of amides is 1. The minimum absolute atomic E-state index is 0.0131. The summed E-state index contributed by atoms with van der Waals surface area (Å²) in [6.07, 6.45) is -0.811. The van der Waals surface area contributed by atoms with Crippen LogP contribution in [0.25, 0.3) is 0 Å². The molecular weight excluding hydrogens is 529 g/mol. The Hall–Kier alpha value is -1.67. The Morgan fingerprint density at radius 3 is 2.17 bits per heavy atom. The molecule has 0 spiro atoms. The van der Waals surface area contributed by atoms with Gasteiger partial charge < -0.3 is 0 Å². The van der Waals surface area contributed by atoms with E-state index in [1.807, 2.05) is 37.3 Å². The van der Waals surface area contributed by atoms with Crippen LogP contribution in [0.2, 0.25) is 18.1 Å². The molecule has 1 aliphatic heterocycles. The number of ether oxygens (including phenoxy) is 1. The average Bonchev–Trinajstić information content (AvgIpc) is 2.68. The number of hydrogen-bond acceptors (Lipinski definition) is 5. The van der Waals surface area contributed by atoms with Crippen LogP contribution in [0.15, 0.2) is 30.3 Å². The number of benzene rings is 1. The van der Waals surface area contributed by atoms with Crippen molar-refractivity contribution in [2.45, 2.75) is 101 Å². The van der Waals surface area contributed by atoms with Crippen LogP contribution in [0.4, 0.5) is 0 Å². The van der Waals surface area contributed by atoms with Crippen molar-refractivity contribution in [1.29, 1.82) is 0 Å². The van der Waals surface area contributed by atoms with Crippen molar-refractivity contribution < 1.29 is 28.7 Å². The molecule has 1 heterocycles. The van der Waals surface area contributed by atoms with Gasteiger partial charge in [-0.15, -0.1) is 0 Å². The van der Waals surface area contributed by atoms with Gasteiger partial charge in [-0.05, 0) is 0 Å². The van der Waals surface area contributed by atoms with Crippen molar-refractivity contribution in [3.05, 3.63) is 35.9 Å². The van der Waals surface area contributed by atoms with Gasteiger partial charge in [0.25, 0.3) is 0 Å². The normalized spacial score (nSPS) is 20.7. The number of carboxylic acid groups (broad SMARTS) is 1. The number of esters is 1. The molecule has 1 aliphatic rings. The molecule has 35 heavy (non-hydrogen) atoms. The van der Waals surface area contributed by atoms with Crippen molar-refractivity contribution in [1.82, 2.24) is 4.90 Å². The molecule has 1 amide bonds. The van der Waals surface area contributed by atoms with Gasteiger partial charge in [-0.25, -0.2) is 0 Å². The zero-order valence-electron chi connectivity index (χ0n) is 22.5. The fourth-order valence-electron chi connectivity index (χ4n) is 3.76. The zero-order valence-corrected chi connectivity index (χ0v) is 25.2. The molecule has 9 heteroatoms. The van der Waals surface area contributed by atoms with E-state index < -0.39 is 44.2 Å². The third-order valence-corrected chi connectivity index (χ3v) is 14.0. The van der Waals surface area contributed by atoms with Crippen LogP contribution in [-0.4, -0.2) is 73.8 Å². The molecule has 1 aromatic rings. The van der Waals surface area contributed by atoms with E-state index in [9.17, 15) is 19.5 Å². The van der Waals surface area contributed by atoms with E-state index in [4.69, 9.17) is 9.16 Å². The number of carbonyl (C=O) groups excluding carboxylic acids is 2. The number of aliphatic carboxylic acids is 1. The molecule has 0 bridgehead atoms. The van der Waals surface area contributed by atoms with E-state index >= 15 is 0 Å². The Balaban J connectivity index is 2.35. The molecule has 1 N–H and O–H groups in total. The van der Waals surface area contributed by atoms with Gasteiger partial charge in [0.1, 0.15) is 0 Å². The molecule has 1 aromatic carbocycles. The first-order chi connectivity index (χ1) is 15.9. The summed E-state index contributed by atoms with van der Waals surface area (Å²) >= 11 is -0.0935. The fourth-order valence-corrected chi connectivity index (χ4v) is 8.36. The van der Waals surface area contributed by atoms with Crippen LogP contribution in [-0.2, 0) is 28.9 Å². The average molecular weight is 571 g/mol. The van der Waals surface area contributed by atoms with Crippen LogP contribution in [0.1, 0.15) is 60.5 Å². The first kappa shape index (κ1) is 29.6. The first-order valence-electron chi connectivity index (χ1n) is 12.0. The van der Waals surface area contributed by atoms with Gasteiger partial charge in [-0.1, -0.05) is 0 Å². The summed E-state index contributed by atoms with van der Waals surface area (Å²) in [7, 11) is -2.14. The molecule has 1 fully saturated rings. The van der Waals surface area contributed by atoms with Crippen LogP contribution in [0.5, 0.6) is 0 Å². The molecule has 0 saturated carbocycles. The van der Waals surface area contributed by atoms with Gasteiger partial charge in [0.05, 0.1) is 0 Å². The molecule has 0 radical (unpaired) electrons. The number of nitrogens with zero attached hydrogens (tertiary/aromatic N) is 1. The van der Waals surface area contributed by atoms with E-state index in [1.54, 1.807) is 20.8 Å². The number of β-lactam (4-membered cyclic amide) rings is 1. The Morgan fingerprint density at radius 2 is 1.69 bits per heavy atom. The van der Waals surface area contributed by atoms with Gasteiger partial charge in [-0.2, -0.15) is 0 Å². The Morgan fingerprint density at radius 1 is 1.11 bits per heavy atom. The van der Waals surface area contributed by atoms with Crippen LogP contribution >= 0.6 is 0 Å². The number of rotatable bonds is 10. The topological polar surface area (TPSA) is 93.1 Å². The van der Waals surface area contributed by atoms with Crippen LogP contribution < -0.4 is 0 Å². The maximum absolute atomic E-state index is 13.5.